The maximum absolute atomic E-state index is 13.3. The van der Waals surface area contributed by atoms with Crippen molar-refractivity contribution in [3.05, 3.63) is 64.1 Å². The number of aryl methyl sites for hydroxylation is 1. The molecule has 8 nitrogen and oxygen atoms in total. The van der Waals surface area contributed by atoms with E-state index in [1.54, 1.807) is 0 Å². The number of aromatic nitrogens is 5. The molecule has 4 heterocycles. The van der Waals surface area contributed by atoms with E-state index < -0.39 is 35.7 Å². The van der Waals surface area contributed by atoms with Crippen molar-refractivity contribution < 1.29 is 22.4 Å². The fraction of sp³-hybridized carbons (Fsp3) is 0.167. The molecule has 0 atom stereocenters. The number of nitrogens with zero attached hydrogens (tertiary/aromatic N) is 5. The lowest BCUT2D eigenvalue weighted by Crippen LogP contribution is -2.30. The minimum atomic E-state index is -4.69. The Hall–Kier alpha value is -3.83. The normalized spacial score (nSPS) is 11.9. The lowest BCUT2D eigenvalue weighted by molar-refractivity contribution is -0.141. The number of fused-ring (bicyclic) bond motifs is 3. The van der Waals surface area contributed by atoms with E-state index in [0.717, 1.165) is 21.3 Å². The first-order chi connectivity index (χ1) is 14.1. The van der Waals surface area contributed by atoms with Gasteiger partial charge in [0.15, 0.2) is 5.65 Å². The standard InChI is InChI=1S/C18H12F4N6O2/c1-9-6-13(23-7-11(9)19)26-14(29)8-27-15-4-5-24-28(15)16-10(17(27)30)2-3-12(25-16)18(20,21)22/h2-7H,8H2,1H3,(H,23,26,29). The molecule has 0 radical (unpaired) electrons. The number of rotatable bonds is 3. The molecule has 4 rings (SSSR count). The maximum atomic E-state index is 13.3. The Morgan fingerprint density at radius 2 is 2.00 bits per heavy atom. The number of alkyl halides is 3. The van der Waals surface area contributed by atoms with E-state index in [-0.39, 0.29) is 28.1 Å². The summed E-state index contributed by atoms with van der Waals surface area (Å²) < 4.78 is 54.4. The van der Waals surface area contributed by atoms with Crippen LogP contribution in [0.1, 0.15) is 11.3 Å². The average Bonchev–Trinajstić information content (AvgIpc) is 3.17. The predicted octanol–water partition coefficient (Wildman–Crippen LogP) is 2.54. The number of hydrogen-bond acceptors (Lipinski definition) is 5. The van der Waals surface area contributed by atoms with Crippen molar-refractivity contribution in [2.24, 2.45) is 0 Å². The predicted molar refractivity (Wildman–Crippen MR) is 97.3 cm³/mol. The van der Waals surface area contributed by atoms with E-state index in [9.17, 15) is 27.2 Å². The van der Waals surface area contributed by atoms with E-state index in [4.69, 9.17) is 0 Å². The molecule has 154 valence electrons. The molecule has 0 aliphatic rings. The summed E-state index contributed by atoms with van der Waals surface area (Å²) in [6.07, 6.45) is -2.47. The molecule has 4 aromatic rings. The molecule has 1 N–H and O–H groups in total. The third-order valence-corrected chi connectivity index (χ3v) is 4.36. The van der Waals surface area contributed by atoms with Crippen LogP contribution in [0.3, 0.4) is 0 Å². The minimum Gasteiger partial charge on any atom is -0.309 e. The lowest BCUT2D eigenvalue weighted by Gasteiger charge is -2.12. The van der Waals surface area contributed by atoms with Crippen molar-refractivity contribution in [2.75, 3.05) is 5.32 Å². The Labute approximate surface area is 164 Å². The minimum absolute atomic E-state index is 0.0812. The molecule has 0 fully saturated rings. The van der Waals surface area contributed by atoms with E-state index in [1.807, 2.05) is 0 Å². The molecule has 0 bridgehead atoms. The third kappa shape index (κ3) is 3.36. The third-order valence-electron chi connectivity index (χ3n) is 4.36. The van der Waals surface area contributed by atoms with Crippen LogP contribution in [0, 0.1) is 12.7 Å². The molecule has 0 unspecified atom stereocenters. The summed E-state index contributed by atoms with van der Waals surface area (Å²) in [6.45, 7) is 1.03. The van der Waals surface area contributed by atoms with Crippen molar-refractivity contribution in [3.8, 4) is 0 Å². The first kappa shape index (κ1) is 19.5. The van der Waals surface area contributed by atoms with Crippen molar-refractivity contribution in [3.63, 3.8) is 0 Å². The van der Waals surface area contributed by atoms with Gasteiger partial charge >= 0.3 is 6.18 Å². The van der Waals surface area contributed by atoms with Crippen LogP contribution < -0.4 is 10.9 Å². The fourth-order valence-electron chi connectivity index (χ4n) is 2.93. The summed E-state index contributed by atoms with van der Waals surface area (Å²) in [7, 11) is 0. The number of anilines is 1. The number of carbonyl (C=O) groups excluding carboxylic acids is 1. The summed E-state index contributed by atoms with van der Waals surface area (Å²) in [4.78, 5) is 32.5. The zero-order valence-corrected chi connectivity index (χ0v) is 15.2. The van der Waals surface area contributed by atoms with Gasteiger partial charge in [-0.1, -0.05) is 0 Å². The fourth-order valence-corrected chi connectivity index (χ4v) is 2.93. The van der Waals surface area contributed by atoms with E-state index in [1.165, 1.54) is 25.3 Å². The van der Waals surface area contributed by atoms with Crippen molar-refractivity contribution in [1.82, 2.24) is 24.1 Å². The van der Waals surface area contributed by atoms with Gasteiger partial charge in [-0.15, -0.1) is 0 Å². The quantitative estimate of drug-likeness (QED) is 0.514. The molecule has 30 heavy (non-hydrogen) atoms. The highest BCUT2D eigenvalue weighted by molar-refractivity contribution is 5.90. The van der Waals surface area contributed by atoms with Crippen molar-refractivity contribution >= 4 is 28.4 Å². The zero-order chi connectivity index (χ0) is 21.6. The Morgan fingerprint density at radius 3 is 2.70 bits per heavy atom. The second-order valence-electron chi connectivity index (χ2n) is 6.42. The molecular formula is C18H12F4N6O2. The summed E-state index contributed by atoms with van der Waals surface area (Å²) >= 11 is 0. The number of amides is 1. The van der Waals surface area contributed by atoms with Crippen LogP contribution in [0.15, 0.2) is 41.5 Å². The van der Waals surface area contributed by atoms with Crippen molar-refractivity contribution in [2.45, 2.75) is 19.6 Å². The lowest BCUT2D eigenvalue weighted by atomic mass is 10.2. The highest BCUT2D eigenvalue weighted by atomic mass is 19.4. The van der Waals surface area contributed by atoms with Gasteiger partial charge < -0.3 is 5.32 Å². The zero-order valence-electron chi connectivity index (χ0n) is 15.2. The number of hydrogen-bond donors (Lipinski definition) is 1. The smallest absolute Gasteiger partial charge is 0.309 e. The summed E-state index contributed by atoms with van der Waals surface area (Å²) in [5, 5.41) is 6.24. The Morgan fingerprint density at radius 1 is 1.23 bits per heavy atom. The van der Waals surface area contributed by atoms with Crippen molar-refractivity contribution in [1.29, 1.82) is 0 Å². The summed E-state index contributed by atoms with van der Waals surface area (Å²) in [5.74, 6) is -1.09. The molecule has 0 aliphatic carbocycles. The Balaban J connectivity index is 1.76. The SMILES string of the molecule is Cc1cc(NC(=O)Cn2c(=O)c3ccc(C(F)(F)F)nc3n3nccc23)ncc1F. The number of pyridine rings is 2. The maximum Gasteiger partial charge on any atom is 0.433 e. The van der Waals surface area contributed by atoms with Gasteiger partial charge in [-0.3, -0.25) is 14.2 Å². The monoisotopic (exact) mass is 420 g/mol. The van der Waals surface area contributed by atoms with Crippen LogP contribution in [-0.2, 0) is 17.5 Å². The van der Waals surface area contributed by atoms with Gasteiger partial charge in [0.25, 0.3) is 5.56 Å². The van der Waals surface area contributed by atoms with Gasteiger partial charge in [-0.25, -0.2) is 14.4 Å². The molecule has 0 aromatic carbocycles. The van der Waals surface area contributed by atoms with E-state index >= 15 is 0 Å². The van der Waals surface area contributed by atoms with Gasteiger partial charge in [0.05, 0.1) is 17.8 Å². The molecular weight excluding hydrogens is 408 g/mol. The van der Waals surface area contributed by atoms with Crippen LogP contribution in [0.25, 0.3) is 16.7 Å². The largest absolute Gasteiger partial charge is 0.433 e. The second-order valence-corrected chi connectivity index (χ2v) is 6.42. The van der Waals surface area contributed by atoms with E-state index in [0.29, 0.717) is 6.07 Å². The molecule has 4 aromatic heterocycles. The topological polar surface area (TPSA) is 94.2 Å². The molecule has 0 spiro atoms. The van der Waals surface area contributed by atoms with Gasteiger partial charge in [-0.2, -0.15) is 22.8 Å². The highest BCUT2D eigenvalue weighted by Crippen LogP contribution is 2.28. The second kappa shape index (κ2) is 6.90. The first-order valence-corrected chi connectivity index (χ1v) is 8.51. The van der Waals surface area contributed by atoms with Gasteiger partial charge in [0, 0.05) is 6.07 Å². The summed E-state index contributed by atoms with van der Waals surface area (Å²) in [6, 6.07) is 4.38. The molecule has 0 saturated carbocycles. The van der Waals surface area contributed by atoms with Crippen LogP contribution in [0.4, 0.5) is 23.4 Å². The molecule has 1 amide bonds. The van der Waals surface area contributed by atoms with E-state index in [2.05, 4.69) is 20.4 Å². The van der Waals surface area contributed by atoms with Crippen LogP contribution in [0.2, 0.25) is 0 Å². The van der Waals surface area contributed by atoms with Crippen LogP contribution in [-0.4, -0.2) is 30.1 Å². The van der Waals surface area contributed by atoms with Gasteiger partial charge in [0.2, 0.25) is 5.91 Å². The average molecular weight is 420 g/mol. The Bertz CT molecular complexity index is 1360. The Kier molecular flexibility index (Phi) is 4.48. The molecule has 12 heteroatoms. The summed E-state index contributed by atoms with van der Waals surface area (Å²) in [5.41, 5.74) is -1.80. The number of halogens is 4. The molecule has 0 aliphatic heterocycles. The van der Waals surface area contributed by atoms with Crippen LogP contribution in [0.5, 0.6) is 0 Å². The van der Waals surface area contributed by atoms with Gasteiger partial charge in [-0.05, 0) is 30.7 Å². The van der Waals surface area contributed by atoms with Gasteiger partial charge in [0.1, 0.15) is 29.5 Å². The highest BCUT2D eigenvalue weighted by Gasteiger charge is 2.33. The first-order valence-electron chi connectivity index (χ1n) is 8.51. The number of carbonyl (C=O) groups is 1. The van der Waals surface area contributed by atoms with Crippen LogP contribution >= 0.6 is 0 Å². The molecule has 0 saturated heterocycles. The number of nitrogens with one attached hydrogen (secondary N) is 1.